The van der Waals surface area contributed by atoms with E-state index in [9.17, 15) is 13.2 Å². The van der Waals surface area contributed by atoms with E-state index in [0.29, 0.717) is 25.8 Å². The van der Waals surface area contributed by atoms with Gasteiger partial charge in [-0.1, -0.05) is 31.4 Å². The highest BCUT2D eigenvalue weighted by Gasteiger charge is 2.21. The first-order valence-electron chi connectivity index (χ1n) is 9.00. The van der Waals surface area contributed by atoms with Gasteiger partial charge >= 0.3 is 0 Å². The Morgan fingerprint density at radius 3 is 2.44 bits per heavy atom. The van der Waals surface area contributed by atoms with Gasteiger partial charge in [0.15, 0.2) is 0 Å². The minimum atomic E-state index is -3.48. The van der Waals surface area contributed by atoms with Gasteiger partial charge in [-0.05, 0) is 43.4 Å². The van der Waals surface area contributed by atoms with Crippen LogP contribution < -0.4 is 10.0 Å². The summed E-state index contributed by atoms with van der Waals surface area (Å²) in [5.41, 5.74) is 0.925. The van der Waals surface area contributed by atoms with Crippen molar-refractivity contribution in [2.24, 2.45) is 0 Å². The average Bonchev–Trinajstić information content (AvgIpc) is 2.61. The van der Waals surface area contributed by atoms with Crippen LogP contribution in [0.15, 0.2) is 29.2 Å². The molecule has 1 amide bonds. The van der Waals surface area contributed by atoms with Crippen LogP contribution in [0.5, 0.6) is 0 Å². The molecule has 0 heterocycles. The maximum Gasteiger partial charge on any atom is 0.240 e. The summed E-state index contributed by atoms with van der Waals surface area (Å²) >= 11 is 0. The molecule has 0 radical (unpaired) electrons. The Hall–Kier alpha value is -1.44. The number of carbonyl (C=O) groups excluding carboxylic acids is 1. The molecular weight excluding hydrogens is 340 g/mol. The van der Waals surface area contributed by atoms with Crippen LogP contribution in [0.2, 0.25) is 0 Å². The van der Waals surface area contributed by atoms with E-state index in [0.717, 1.165) is 31.2 Å². The van der Waals surface area contributed by atoms with Crippen LogP contribution in [0.4, 0.5) is 0 Å². The topological polar surface area (TPSA) is 95.5 Å². The lowest BCUT2D eigenvalue weighted by Crippen LogP contribution is -2.36. The van der Waals surface area contributed by atoms with E-state index in [4.69, 9.17) is 5.11 Å². The summed E-state index contributed by atoms with van der Waals surface area (Å²) in [5.74, 6) is -0.0656. The quantitative estimate of drug-likeness (QED) is 0.579. The molecule has 25 heavy (non-hydrogen) atoms. The molecule has 1 fully saturated rings. The molecule has 0 unspecified atom stereocenters. The third kappa shape index (κ3) is 6.76. The number of carbonyl (C=O) groups is 1. The fourth-order valence-corrected chi connectivity index (χ4v) is 4.30. The van der Waals surface area contributed by atoms with Gasteiger partial charge in [-0.25, -0.2) is 13.1 Å². The van der Waals surface area contributed by atoms with Crippen molar-refractivity contribution < 1.29 is 18.3 Å². The summed E-state index contributed by atoms with van der Waals surface area (Å²) in [6.07, 6.45) is 6.59. The standard InChI is InChI=1S/C18H28N2O4S/c21-14-4-13-19-18(22)12-9-15-7-10-17(11-8-15)25(23,24)20-16-5-2-1-3-6-16/h7-8,10-11,16,20-21H,1-6,9,12-14H2,(H,19,22). The van der Waals surface area contributed by atoms with E-state index < -0.39 is 10.0 Å². The van der Waals surface area contributed by atoms with Gasteiger partial charge in [0.25, 0.3) is 0 Å². The lowest BCUT2D eigenvalue weighted by atomic mass is 9.96. The summed E-state index contributed by atoms with van der Waals surface area (Å²) in [6.45, 7) is 0.532. The maximum atomic E-state index is 12.4. The molecule has 1 saturated carbocycles. The van der Waals surface area contributed by atoms with E-state index in [1.807, 2.05) is 0 Å². The van der Waals surface area contributed by atoms with Crippen molar-refractivity contribution in [3.63, 3.8) is 0 Å². The smallest absolute Gasteiger partial charge is 0.240 e. The lowest BCUT2D eigenvalue weighted by molar-refractivity contribution is -0.121. The van der Waals surface area contributed by atoms with Crippen molar-refractivity contribution in [1.29, 1.82) is 0 Å². The second-order valence-electron chi connectivity index (χ2n) is 6.53. The Bertz CT molecular complexity index is 638. The molecular formula is C18H28N2O4S. The molecule has 3 N–H and O–H groups in total. The molecule has 0 spiro atoms. The maximum absolute atomic E-state index is 12.4. The molecule has 0 aliphatic heterocycles. The SMILES string of the molecule is O=C(CCc1ccc(S(=O)(=O)NC2CCCCC2)cc1)NCCCO. The first-order chi connectivity index (χ1) is 12.0. The predicted molar refractivity (Wildman–Crippen MR) is 96.7 cm³/mol. The number of aryl methyl sites for hydroxylation is 1. The highest BCUT2D eigenvalue weighted by atomic mass is 32.2. The normalized spacial score (nSPS) is 15.9. The molecule has 0 atom stereocenters. The second kappa shape index (κ2) is 9.89. The Balaban J connectivity index is 1.84. The van der Waals surface area contributed by atoms with Crippen LogP contribution >= 0.6 is 0 Å². The molecule has 1 aromatic rings. The minimum absolute atomic E-state index is 0.0426. The number of aliphatic hydroxyl groups excluding tert-OH is 1. The number of sulfonamides is 1. The van der Waals surface area contributed by atoms with Gasteiger partial charge in [0, 0.05) is 25.6 Å². The van der Waals surface area contributed by atoms with Crippen LogP contribution in [-0.2, 0) is 21.2 Å². The van der Waals surface area contributed by atoms with Gasteiger partial charge in [0.1, 0.15) is 0 Å². The molecule has 0 aromatic heterocycles. The molecule has 1 aromatic carbocycles. The van der Waals surface area contributed by atoms with Gasteiger partial charge in [-0.15, -0.1) is 0 Å². The summed E-state index contributed by atoms with van der Waals surface area (Å²) < 4.78 is 27.7. The predicted octanol–water partition coefficient (Wildman–Crippen LogP) is 1.73. The number of rotatable bonds is 9. The molecule has 140 valence electrons. The van der Waals surface area contributed by atoms with Crippen molar-refractivity contribution in [3.8, 4) is 0 Å². The molecule has 0 bridgehead atoms. The zero-order chi connectivity index (χ0) is 18.1. The minimum Gasteiger partial charge on any atom is -0.396 e. The van der Waals surface area contributed by atoms with E-state index in [1.54, 1.807) is 24.3 Å². The van der Waals surface area contributed by atoms with Gasteiger partial charge < -0.3 is 10.4 Å². The summed E-state index contributed by atoms with van der Waals surface area (Å²) in [5, 5.41) is 11.4. The highest BCUT2D eigenvalue weighted by molar-refractivity contribution is 7.89. The molecule has 1 aliphatic carbocycles. The number of nitrogens with one attached hydrogen (secondary N) is 2. The number of hydrogen-bond donors (Lipinski definition) is 3. The Kier molecular flexibility index (Phi) is 7.87. The summed E-state index contributed by atoms with van der Waals surface area (Å²) in [4.78, 5) is 11.9. The number of amides is 1. The van der Waals surface area contributed by atoms with E-state index >= 15 is 0 Å². The molecule has 2 rings (SSSR count). The molecule has 0 saturated heterocycles. The van der Waals surface area contributed by atoms with Crippen LogP contribution in [0.3, 0.4) is 0 Å². The summed E-state index contributed by atoms with van der Waals surface area (Å²) in [7, 11) is -3.48. The second-order valence-corrected chi connectivity index (χ2v) is 8.24. The fraction of sp³-hybridized carbons (Fsp3) is 0.611. The van der Waals surface area contributed by atoms with Crippen molar-refractivity contribution in [3.05, 3.63) is 29.8 Å². The van der Waals surface area contributed by atoms with Crippen molar-refractivity contribution >= 4 is 15.9 Å². The fourth-order valence-electron chi connectivity index (χ4n) is 3.00. The largest absolute Gasteiger partial charge is 0.396 e. The number of benzene rings is 1. The van der Waals surface area contributed by atoms with E-state index in [2.05, 4.69) is 10.0 Å². The van der Waals surface area contributed by atoms with E-state index in [1.165, 1.54) is 6.42 Å². The average molecular weight is 368 g/mol. The van der Waals surface area contributed by atoms with Gasteiger partial charge in [0.2, 0.25) is 15.9 Å². The van der Waals surface area contributed by atoms with Crippen LogP contribution in [0.25, 0.3) is 0 Å². The van der Waals surface area contributed by atoms with Crippen LogP contribution in [-0.4, -0.2) is 38.6 Å². The van der Waals surface area contributed by atoms with Crippen molar-refractivity contribution in [2.75, 3.05) is 13.2 Å². The molecule has 7 heteroatoms. The first-order valence-corrected chi connectivity index (χ1v) is 10.5. The monoisotopic (exact) mass is 368 g/mol. The van der Waals surface area contributed by atoms with Crippen LogP contribution in [0, 0.1) is 0 Å². The van der Waals surface area contributed by atoms with Gasteiger partial charge in [0.05, 0.1) is 4.90 Å². The van der Waals surface area contributed by atoms with Gasteiger partial charge in [-0.3, -0.25) is 4.79 Å². The molecule has 6 nitrogen and oxygen atoms in total. The molecule has 1 aliphatic rings. The Morgan fingerprint density at radius 1 is 1.12 bits per heavy atom. The van der Waals surface area contributed by atoms with E-state index in [-0.39, 0.29) is 23.5 Å². The van der Waals surface area contributed by atoms with Crippen molar-refractivity contribution in [1.82, 2.24) is 10.0 Å². The highest BCUT2D eigenvalue weighted by Crippen LogP contribution is 2.20. The summed E-state index contributed by atoms with van der Waals surface area (Å²) in [6, 6.07) is 6.77. The third-order valence-corrected chi connectivity index (χ3v) is 5.99. The zero-order valence-electron chi connectivity index (χ0n) is 14.5. The zero-order valence-corrected chi connectivity index (χ0v) is 15.4. The Labute approximate surface area is 150 Å². The van der Waals surface area contributed by atoms with Gasteiger partial charge in [-0.2, -0.15) is 0 Å². The first kappa shape index (κ1) is 19.9. The lowest BCUT2D eigenvalue weighted by Gasteiger charge is -2.22. The number of hydrogen-bond acceptors (Lipinski definition) is 4. The van der Waals surface area contributed by atoms with Crippen LogP contribution in [0.1, 0.15) is 50.5 Å². The Morgan fingerprint density at radius 2 is 1.80 bits per heavy atom. The number of aliphatic hydroxyl groups is 1. The van der Waals surface area contributed by atoms with Crippen molar-refractivity contribution in [2.45, 2.75) is 62.3 Å². The third-order valence-electron chi connectivity index (χ3n) is 4.46.